The van der Waals surface area contributed by atoms with Gasteiger partial charge in [-0.15, -0.1) is 11.3 Å². The third kappa shape index (κ3) is 3.12. The van der Waals surface area contributed by atoms with E-state index < -0.39 is 0 Å². The van der Waals surface area contributed by atoms with Gasteiger partial charge in [0, 0.05) is 18.2 Å². The molecule has 0 aromatic carbocycles. The van der Waals surface area contributed by atoms with Crippen molar-refractivity contribution in [3.8, 4) is 11.8 Å². The van der Waals surface area contributed by atoms with E-state index in [0.29, 0.717) is 11.4 Å². The van der Waals surface area contributed by atoms with E-state index in [1.165, 1.54) is 11.3 Å². The number of nitrogens with two attached hydrogens (primary N) is 1. The Kier molecular flexibility index (Phi) is 4.94. The van der Waals surface area contributed by atoms with Crippen LogP contribution in [0.15, 0.2) is 11.4 Å². The summed E-state index contributed by atoms with van der Waals surface area (Å²) in [5.74, 6) is 5.76. The zero-order valence-corrected chi connectivity index (χ0v) is 12.2. The van der Waals surface area contributed by atoms with Crippen LogP contribution in [0.25, 0.3) is 0 Å². The molecule has 0 aliphatic carbocycles. The van der Waals surface area contributed by atoms with Gasteiger partial charge in [-0.3, -0.25) is 4.79 Å². The Labute approximate surface area is 113 Å². The first-order chi connectivity index (χ1) is 8.44. The lowest BCUT2D eigenvalue weighted by atomic mass is 9.99. The van der Waals surface area contributed by atoms with Crippen molar-refractivity contribution in [1.82, 2.24) is 4.90 Å². The number of rotatable bonds is 3. The van der Waals surface area contributed by atoms with Crippen LogP contribution in [0.1, 0.15) is 42.4 Å². The van der Waals surface area contributed by atoms with Crippen molar-refractivity contribution in [2.45, 2.75) is 32.7 Å². The van der Waals surface area contributed by atoms with Crippen molar-refractivity contribution in [2.75, 3.05) is 13.6 Å². The molecule has 1 aromatic rings. The Morgan fingerprint density at radius 3 is 2.78 bits per heavy atom. The Bertz CT molecular complexity index is 479. The average Bonchev–Trinajstić information content (AvgIpc) is 2.82. The van der Waals surface area contributed by atoms with Crippen LogP contribution < -0.4 is 5.73 Å². The molecule has 0 bridgehead atoms. The predicted octanol–water partition coefficient (Wildman–Crippen LogP) is 2.32. The summed E-state index contributed by atoms with van der Waals surface area (Å²) in [4.78, 5) is 14.9. The number of hydrogen-bond acceptors (Lipinski definition) is 3. The quantitative estimate of drug-likeness (QED) is 0.852. The van der Waals surface area contributed by atoms with Crippen LogP contribution >= 0.6 is 11.3 Å². The predicted molar refractivity (Wildman–Crippen MR) is 76.7 cm³/mol. The molecule has 1 aromatic heterocycles. The fourth-order valence-corrected chi connectivity index (χ4v) is 2.21. The minimum absolute atomic E-state index is 0.0261. The molecule has 0 atom stereocenters. The maximum absolute atomic E-state index is 12.4. The fraction of sp³-hybridized carbons (Fsp3) is 0.500. The molecule has 18 heavy (non-hydrogen) atoms. The minimum Gasteiger partial charge on any atom is -0.336 e. The maximum Gasteiger partial charge on any atom is 0.265 e. The standard InChI is InChI=1S/C14H20N2OS/c1-5-14(2,3)16(4)13(17)12-11(7-6-9-15)8-10-18-12/h8,10H,5,9,15H2,1-4H3. The number of hydrogen-bond donors (Lipinski definition) is 1. The highest BCUT2D eigenvalue weighted by Crippen LogP contribution is 2.23. The van der Waals surface area contributed by atoms with E-state index in [4.69, 9.17) is 5.73 Å². The molecular formula is C14H20N2OS. The molecule has 1 heterocycles. The Balaban J connectivity index is 3.01. The molecule has 0 unspecified atom stereocenters. The van der Waals surface area contributed by atoms with Gasteiger partial charge in [0.25, 0.3) is 5.91 Å². The summed E-state index contributed by atoms with van der Waals surface area (Å²) >= 11 is 1.43. The smallest absolute Gasteiger partial charge is 0.265 e. The van der Waals surface area contributed by atoms with Crippen LogP contribution in [0.5, 0.6) is 0 Å². The largest absolute Gasteiger partial charge is 0.336 e. The lowest BCUT2D eigenvalue weighted by Crippen LogP contribution is -2.44. The number of carbonyl (C=O) groups excluding carboxylic acids is 1. The SMILES string of the molecule is CCC(C)(C)N(C)C(=O)c1sccc1C#CCN. The summed E-state index contributed by atoms with van der Waals surface area (Å²) in [6.07, 6.45) is 0.907. The Hall–Kier alpha value is -1.31. The number of amides is 1. The first-order valence-corrected chi connectivity index (χ1v) is 6.86. The molecule has 3 nitrogen and oxygen atoms in total. The topological polar surface area (TPSA) is 46.3 Å². The molecule has 0 fully saturated rings. The fourth-order valence-electron chi connectivity index (χ4n) is 1.38. The number of carbonyl (C=O) groups is 1. The second kappa shape index (κ2) is 6.03. The highest BCUT2D eigenvalue weighted by atomic mass is 32.1. The highest BCUT2D eigenvalue weighted by molar-refractivity contribution is 7.12. The van der Waals surface area contributed by atoms with E-state index in [1.807, 2.05) is 18.5 Å². The van der Waals surface area contributed by atoms with Gasteiger partial charge in [0.1, 0.15) is 4.88 Å². The van der Waals surface area contributed by atoms with Crippen LogP contribution in [-0.2, 0) is 0 Å². The molecule has 0 aliphatic heterocycles. The van der Waals surface area contributed by atoms with Gasteiger partial charge in [0.2, 0.25) is 0 Å². The van der Waals surface area contributed by atoms with Gasteiger partial charge in [-0.1, -0.05) is 18.8 Å². The Morgan fingerprint density at radius 2 is 2.22 bits per heavy atom. The minimum atomic E-state index is -0.153. The van der Waals surface area contributed by atoms with Gasteiger partial charge < -0.3 is 10.6 Å². The second-order valence-corrected chi connectivity index (χ2v) is 5.62. The first kappa shape index (κ1) is 14.7. The second-order valence-electron chi connectivity index (χ2n) is 4.70. The van der Waals surface area contributed by atoms with Crippen molar-refractivity contribution in [3.05, 3.63) is 21.9 Å². The average molecular weight is 264 g/mol. The van der Waals surface area contributed by atoms with Crippen LogP contribution in [-0.4, -0.2) is 29.9 Å². The van der Waals surface area contributed by atoms with Gasteiger partial charge in [-0.25, -0.2) is 0 Å². The summed E-state index contributed by atoms with van der Waals surface area (Å²) < 4.78 is 0. The van der Waals surface area contributed by atoms with Gasteiger partial charge in [-0.2, -0.15) is 0 Å². The number of nitrogens with zero attached hydrogens (tertiary/aromatic N) is 1. The van der Waals surface area contributed by atoms with E-state index in [1.54, 1.807) is 4.90 Å². The van der Waals surface area contributed by atoms with E-state index in [2.05, 4.69) is 32.6 Å². The van der Waals surface area contributed by atoms with Crippen molar-refractivity contribution >= 4 is 17.2 Å². The van der Waals surface area contributed by atoms with Gasteiger partial charge in [-0.05, 0) is 31.7 Å². The summed E-state index contributed by atoms with van der Waals surface area (Å²) in [6, 6.07) is 1.87. The summed E-state index contributed by atoms with van der Waals surface area (Å²) in [5, 5.41) is 1.89. The molecule has 4 heteroatoms. The van der Waals surface area contributed by atoms with Gasteiger partial charge >= 0.3 is 0 Å². The zero-order chi connectivity index (χ0) is 13.8. The summed E-state index contributed by atoms with van der Waals surface area (Å²) in [6.45, 7) is 6.50. The van der Waals surface area contributed by atoms with Gasteiger partial charge in [0.15, 0.2) is 0 Å². The van der Waals surface area contributed by atoms with E-state index in [-0.39, 0.29) is 11.4 Å². The van der Waals surface area contributed by atoms with Crippen molar-refractivity contribution in [3.63, 3.8) is 0 Å². The monoisotopic (exact) mass is 264 g/mol. The maximum atomic E-state index is 12.4. The summed E-state index contributed by atoms with van der Waals surface area (Å²) in [5.41, 5.74) is 5.98. The molecule has 2 N–H and O–H groups in total. The lowest BCUT2D eigenvalue weighted by molar-refractivity contribution is 0.0625. The van der Waals surface area contributed by atoms with Crippen molar-refractivity contribution in [2.24, 2.45) is 5.73 Å². The first-order valence-electron chi connectivity index (χ1n) is 5.98. The van der Waals surface area contributed by atoms with Crippen LogP contribution in [0.3, 0.4) is 0 Å². The molecule has 0 spiro atoms. The molecule has 98 valence electrons. The van der Waals surface area contributed by atoms with E-state index >= 15 is 0 Å². The van der Waals surface area contributed by atoms with E-state index in [9.17, 15) is 4.79 Å². The molecule has 0 aliphatic rings. The number of thiophene rings is 1. The highest BCUT2D eigenvalue weighted by Gasteiger charge is 2.28. The van der Waals surface area contributed by atoms with Gasteiger partial charge in [0.05, 0.1) is 6.54 Å². The molecular weight excluding hydrogens is 244 g/mol. The van der Waals surface area contributed by atoms with Crippen LogP contribution in [0.2, 0.25) is 0 Å². The third-order valence-electron chi connectivity index (χ3n) is 3.26. The van der Waals surface area contributed by atoms with Crippen LogP contribution in [0.4, 0.5) is 0 Å². The molecule has 1 amide bonds. The molecule has 0 saturated carbocycles. The molecule has 0 radical (unpaired) electrons. The van der Waals surface area contributed by atoms with Crippen molar-refractivity contribution in [1.29, 1.82) is 0 Å². The normalized spacial score (nSPS) is 10.7. The molecule has 1 rings (SSSR count). The molecule has 0 saturated heterocycles. The third-order valence-corrected chi connectivity index (χ3v) is 4.16. The lowest BCUT2D eigenvalue weighted by Gasteiger charge is -2.34. The van der Waals surface area contributed by atoms with Crippen molar-refractivity contribution < 1.29 is 4.79 Å². The van der Waals surface area contributed by atoms with Crippen LogP contribution in [0, 0.1) is 11.8 Å². The summed E-state index contributed by atoms with van der Waals surface area (Å²) in [7, 11) is 1.84. The Morgan fingerprint density at radius 1 is 1.56 bits per heavy atom. The zero-order valence-electron chi connectivity index (χ0n) is 11.4. The van der Waals surface area contributed by atoms with E-state index in [0.717, 1.165) is 12.0 Å².